The number of thiazole rings is 1. The maximum atomic E-state index is 10.9. The lowest BCUT2D eigenvalue weighted by atomic mass is 10.2. The Bertz CT molecular complexity index is 508. The lowest BCUT2D eigenvalue weighted by molar-refractivity contribution is -0.132. The first-order valence-electron chi connectivity index (χ1n) is 4.67. The molecule has 5 heteroatoms. The lowest BCUT2D eigenvalue weighted by Crippen LogP contribution is -2.02. The second-order valence-corrected chi connectivity index (χ2v) is 4.18. The number of carbonyl (C=O) groups excluding carboxylic acids is 1. The van der Waals surface area contributed by atoms with Gasteiger partial charge in [0.25, 0.3) is 0 Å². The Kier molecular flexibility index (Phi) is 2.87. The van der Waals surface area contributed by atoms with Crippen molar-refractivity contribution in [3.8, 4) is 16.3 Å². The fourth-order valence-corrected chi connectivity index (χ4v) is 2.07. The molecule has 0 atom stereocenters. The van der Waals surface area contributed by atoms with Crippen molar-refractivity contribution in [1.82, 2.24) is 4.98 Å². The molecule has 0 saturated carbocycles. The highest BCUT2D eigenvalue weighted by atomic mass is 32.1. The molecule has 16 heavy (non-hydrogen) atoms. The summed E-state index contributed by atoms with van der Waals surface area (Å²) in [5.41, 5.74) is 6.55. The highest BCUT2D eigenvalue weighted by Gasteiger charge is 2.14. The zero-order chi connectivity index (χ0) is 11.5. The van der Waals surface area contributed by atoms with Gasteiger partial charge in [-0.1, -0.05) is 41.7 Å². The number of carbonyl (C=O) groups is 1. The Morgan fingerprint density at radius 2 is 2.06 bits per heavy atom. The molecule has 1 aromatic carbocycles. The first-order chi connectivity index (χ1) is 7.66. The number of rotatable bonds is 2. The minimum absolute atomic E-state index is 0.279. The molecule has 0 aliphatic heterocycles. The van der Waals surface area contributed by atoms with Crippen LogP contribution in [0.2, 0.25) is 0 Å². The van der Waals surface area contributed by atoms with Crippen molar-refractivity contribution in [2.75, 3.05) is 5.73 Å². The van der Waals surface area contributed by atoms with Gasteiger partial charge < -0.3 is 10.5 Å². The molecule has 82 valence electrons. The van der Waals surface area contributed by atoms with Gasteiger partial charge in [-0.15, -0.1) is 0 Å². The summed E-state index contributed by atoms with van der Waals surface area (Å²) in [5, 5.41) is 0.384. The molecule has 2 N–H and O–H groups in total. The van der Waals surface area contributed by atoms with Crippen LogP contribution in [0.4, 0.5) is 5.13 Å². The summed E-state index contributed by atoms with van der Waals surface area (Å²) in [7, 11) is 0. The van der Waals surface area contributed by atoms with Crippen molar-refractivity contribution < 1.29 is 9.53 Å². The largest absolute Gasteiger partial charge is 0.406 e. The van der Waals surface area contributed by atoms with E-state index < -0.39 is 5.97 Å². The van der Waals surface area contributed by atoms with Gasteiger partial charge in [0, 0.05) is 6.92 Å². The molecule has 2 rings (SSSR count). The Hall–Kier alpha value is -1.88. The van der Waals surface area contributed by atoms with Gasteiger partial charge in [-0.05, 0) is 5.56 Å². The Morgan fingerprint density at radius 3 is 2.69 bits per heavy atom. The summed E-state index contributed by atoms with van der Waals surface area (Å²) < 4.78 is 5.00. The summed E-state index contributed by atoms with van der Waals surface area (Å²) in [4.78, 5) is 15.7. The topological polar surface area (TPSA) is 65.2 Å². The van der Waals surface area contributed by atoms with E-state index in [1.807, 2.05) is 30.3 Å². The number of hydrogen-bond donors (Lipinski definition) is 1. The minimum atomic E-state index is -0.400. The van der Waals surface area contributed by atoms with E-state index in [1.165, 1.54) is 18.3 Å². The Balaban J connectivity index is 2.44. The van der Waals surface area contributed by atoms with E-state index in [-0.39, 0.29) is 5.88 Å². The maximum absolute atomic E-state index is 10.9. The molecule has 0 unspecified atom stereocenters. The van der Waals surface area contributed by atoms with Gasteiger partial charge in [-0.2, -0.15) is 4.98 Å². The summed E-state index contributed by atoms with van der Waals surface area (Å²) in [5.74, 6) is -0.122. The van der Waals surface area contributed by atoms with Crippen LogP contribution in [0.25, 0.3) is 10.4 Å². The van der Waals surface area contributed by atoms with Gasteiger partial charge in [-0.25, -0.2) is 0 Å². The molecule has 0 aliphatic rings. The SMILES string of the molecule is CC(=O)Oc1nc(N)sc1-c1ccccc1. The van der Waals surface area contributed by atoms with Gasteiger partial charge in [0.05, 0.1) is 0 Å². The van der Waals surface area contributed by atoms with Gasteiger partial charge in [0.15, 0.2) is 5.13 Å². The number of ether oxygens (including phenoxy) is 1. The van der Waals surface area contributed by atoms with Crippen molar-refractivity contribution in [3.05, 3.63) is 30.3 Å². The lowest BCUT2D eigenvalue weighted by Gasteiger charge is -2.00. The van der Waals surface area contributed by atoms with Crippen LogP contribution in [-0.4, -0.2) is 11.0 Å². The number of aromatic nitrogens is 1. The third-order valence-electron chi connectivity index (χ3n) is 1.89. The molecule has 1 aromatic heterocycles. The normalized spacial score (nSPS) is 10.1. The fraction of sp³-hybridized carbons (Fsp3) is 0.0909. The number of nitrogens with zero attached hydrogens (tertiary/aromatic N) is 1. The fourth-order valence-electron chi connectivity index (χ4n) is 1.30. The molecular formula is C11H10N2O2S. The Morgan fingerprint density at radius 1 is 1.38 bits per heavy atom. The summed E-state index contributed by atoms with van der Waals surface area (Å²) in [6.45, 7) is 1.34. The van der Waals surface area contributed by atoms with E-state index in [2.05, 4.69) is 4.98 Å². The van der Waals surface area contributed by atoms with Crippen LogP contribution in [0.15, 0.2) is 30.3 Å². The minimum Gasteiger partial charge on any atom is -0.406 e. The first kappa shape index (κ1) is 10.6. The zero-order valence-corrected chi connectivity index (χ0v) is 9.45. The number of benzene rings is 1. The van der Waals surface area contributed by atoms with E-state index in [0.29, 0.717) is 5.13 Å². The predicted molar refractivity (Wildman–Crippen MR) is 63.3 cm³/mol. The van der Waals surface area contributed by atoms with E-state index >= 15 is 0 Å². The maximum Gasteiger partial charge on any atom is 0.309 e. The molecule has 0 aliphatic carbocycles. The smallest absolute Gasteiger partial charge is 0.309 e. The van der Waals surface area contributed by atoms with E-state index in [0.717, 1.165) is 10.4 Å². The number of esters is 1. The molecule has 0 bridgehead atoms. The molecule has 0 amide bonds. The van der Waals surface area contributed by atoms with Crippen molar-refractivity contribution in [2.24, 2.45) is 0 Å². The summed E-state index contributed by atoms with van der Waals surface area (Å²) in [6.07, 6.45) is 0. The predicted octanol–water partition coefficient (Wildman–Crippen LogP) is 2.32. The molecule has 0 saturated heterocycles. The molecule has 0 radical (unpaired) electrons. The average Bonchev–Trinajstić information content (AvgIpc) is 2.60. The van der Waals surface area contributed by atoms with Gasteiger partial charge in [0.2, 0.25) is 5.88 Å². The van der Waals surface area contributed by atoms with E-state index in [9.17, 15) is 4.79 Å². The number of anilines is 1. The van der Waals surface area contributed by atoms with Crippen LogP contribution in [0, 0.1) is 0 Å². The van der Waals surface area contributed by atoms with Crippen LogP contribution in [0.5, 0.6) is 5.88 Å². The average molecular weight is 234 g/mol. The number of nitrogens with two attached hydrogens (primary N) is 1. The third kappa shape index (κ3) is 2.20. The summed E-state index contributed by atoms with van der Waals surface area (Å²) >= 11 is 1.30. The van der Waals surface area contributed by atoms with Crippen molar-refractivity contribution in [3.63, 3.8) is 0 Å². The molecule has 1 heterocycles. The molecule has 0 fully saturated rings. The second kappa shape index (κ2) is 4.32. The standard InChI is InChI=1S/C11H10N2O2S/c1-7(14)15-10-9(16-11(12)13-10)8-5-3-2-4-6-8/h2-6H,1H3,(H2,12,13). The molecule has 4 nitrogen and oxygen atoms in total. The zero-order valence-electron chi connectivity index (χ0n) is 8.64. The number of nitrogen functional groups attached to an aromatic ring is 1. The van der Waals surface area contributed by atoms with Gasteiger partial charge in [0.1, 0.15) is 4.88 Å². The van der Waals surface area contributed by atoms with Gasteiger partial charge in [-0.3, -0.25) is 4.79 Å². The van der Waals surface area contributed by atoms with Crippen molar-refractivity contribution in [2.45, 2.75) is 6.92 Å². The summed E-state index contributed by atoms with van der Waals surface area (Å²) in [6, 6.07) is 9.56. The van der Waals surface area contributed by atoms with Crippen LogP contribution >= 0.6 is 11.3 Å². The first-order valence-corrected chi connectivity index (χ1v) is 5.48. The monoisotopic (exact) mass is 234 g/mol. The van der Waals surface area contributed by atoms with E-state index in [4.69, 9.17) is 10.5 Å². The van der Waals surface area contributed by atoms with Crippen LogP contribution in [0.3, 0.4) is 0 Å². The second-order valence-electron chi connectivity index (χ2n) is 3.15. The molecule has 0 spiro atoms. The molecule has 2 aromatic rings. The quantitative estimate of drug-likeness (QED) is 0.810. The number of hydrogen-bond acceptors (Lipinski definition) is 5. The van der Waals surface area contributed by atoms with E-state index in [1.54, 1.807) is 0 Å². The molecular weight excluding hydrogens is 224 g/mol. The highest BCUT2D eigenvalue weighted by molar-refractivity contribution is 7.19. The Labute approximate surface area is 96.7 Å². The third-order valence-corrected chi connectivity index (χ3v) is 2.80. The van der Waals surface area contributed by atoms with Crippen LogP contribution < -0.4 is 10.5 Å². The highest BCUT2D eigenvalue weighted by Crippen LogP contribution is 2.36. The van der Waals surface area contributed by atoms with Crippen molar-refractivity contribution in [1.29, 1.82) is 0 Å². The van der Waals surface area contributed by atoms with Crippen LogP contribution in [-0.2, 0) is 4.79 Å². The van der Waals surface area contributed by atoms with Gasteiger partial charge >= 0.3 is 5.97 Å². The van der Waals surface area contributed by atoms with Crippen molar-refractivity contribution >= 4 is 22.4 Å². The van der Waals surface area contributed by atoms with Crippen LogP contribution in [0.1, 0.15) is 6.92 Å².